The summed E-state index contributed by atoms with van der Waals surface area (Å²) in [6.45, 7) is 4.92. The summed E-state index contributed by atoms with van der Waals surface area (Å²) in [5.41, 5.74) is 9.15. The van der Waals surface area contributed by atoms with Crippen LogP contribution in [0.1, 0.15) is 37.1 Å². The molecule has 0 saturated carbocycles. The van der Waals surface area contributed by atoms with Gasteiger partial charge < -0.3 is 16.2 Å². The monoisotopic (exact) mass is 287 g/mol. The lowest BCUT2D eigenvalue weighted by atomic mass is 10.0. The highest BCUT2D eigenvalue weighted by atomic mass is 16.2. The molecule has 0 aliphatic heterocycles. The van der Waals surface area contributed by atoms with Crippen LogP contribution in [0.2, 0.25) is 0 Å². The van der Waals surface area contributed by atoms with E-state index in [0.29, 0.717) is 12.6 Å². The molecular weight excluding hydrogens is 262 g/mol. The first kappa shape index (κ1) is 15.9. The lowest BCUT2D eigenvalue weighted by Gasteiger charge is -2.22. The highest BCUT2D eigenvalue weighted by molar-refractivity contribution is 5.79. The third-order valence-corrected chi connectivity index (χ3v) is 3.77. The molecule has 1 aromatic carbocycles. The fraction of sp³-hybridized carbons (Fsp3) is 0.471. The maximum Gasteiger partial charge on any atom is 0.0705 e. The molecule has 2 aromatic rings. The number of benzene rings is 1. The molecule has 114 valence electrons. The molecule has 1 aromatic heterocycles. The fourth-order valence-electron chi connectivity index (χ4n) is 2.59. The molecule has 0 bridgehead atoms. The molecule has 0 fully saturated rings. The number of pyridine rings is 1. The fourth-order valence-corrected chi connectivity index (χ4v) is 2.59. The van der Waals surface area contributed by atoms with Crippen molar-refractivity contribution in [2.75, 3.05) is 13.2 Å². The smallest absolute Gasteiger partial charge is 0.0705 e. The maximum atomic E-state index is 8.90. The topological polar surface area (TPSA) is 71.2 Å². The Kier molecular flexibility index (Phi) is 5.67. The van der Waals surface area contributed by atoms with E-state index in [1.54, 1.807) is 0 Å². The van der Waals surface area contributed by atoms with Gasteiger partial charge in [-0.25, -0.2) is 0 Å². The molecule has 0 amide bonds. The van der Waals surface area contributed by atoms with Crippen molar-refractivity contribution in [3.05, 3.63) is 41.6 Å². The van der Waals surface area contributed by atoms with Crippen LogP contribution in [-0.4, -0.2) is 29.3 Å². The van der Waals surface area contributed by atoms with Crippen LogP contribution in [0.15, 0.2) is 30.3 Å². The van der Waals surface area contributed by atoms with Crippen molar-refractivity contribution >= 4 is 10.9 Å². The van der Waals surface area contributed by atoms with E-state index in [1.165, 1.54) is 5.56 Å². The van der Waals surface area contributed by atoms with Gasteiger partial charge >= 0.3 is 0 Å². The minimum absolute atomic E-state index is 0.129. The number of hydrogen-bond donors (Lipinski definition) is 3. The van der Waals surface area contributed by atoms with E-state index in [-0.39, 0.29) is 12.6 Å². The summed E-state index contributed by atoms with van der Waals surface area (Å²) in [7, 11) is 0. The van der Waals surface area contributed by atoms with Crippen molar-refractivity contribution in [2.24, 2.45) is 5.73 Å². The Morgan fingerprint density at radius 2 is 2.10 bits per heavy atom. The van der Waals surface area contributed by atoms with E-state index < -0.39 is 0 Å². The summed E-state index contributed by atoms with van der Waals surface area (Å²) in [6.07, 6.45) is 1.76. The number of nitrogens with one attached hydrogen (secondary N) is 1. The number of aryl methyl sites for hydroxylation is 1. The van der Waals surface area contributed by atoms with Gasteiger partial charge in [-0.1, -0.05) is 12.1 Å². The zero-order chi connectivity index (χ0) is 15.2. The van der Waals surface area contributed by atoms with Crippen LogP contribution in [-0.2, 0) is 0 Å². The number of nitrogens with two attached hydrogens (primary N) is 1. The lowest BCUT2D eigenvalue weighted by Crippen LogP contribution is -2.35. The number of hydrogen-bond acceptors (Lipinski definition) is 4. The van der Waals surface area contributed by atoms with Gasteiger partial charge in [-0.15, -0.1) is 0 Å². The Bertz CT molecular complexity index is 585. The Morgan fingerprint density at radius 3 is 2.81 bits per heavy atom. The molecule has 0 saturated heterocycles. The van der Waals surface area contributed by atoms with Crippen LogP contribution in [0.4, 0.5) is 0 Å². The van der Waals surface area contributed by atoms with E-state index in [2.05, 4.69) is 41.5 Å². The minimum atomic E-state index is 0.129. The SMILES string of the molecule is Cc1ccc2cc(C(CN)NC(C)CCCO)ccc2n1. The van der Waals surface area contributed by atoms with Crippen molar-refractivity contribution in [1.82, 2.24) is 10.3 Å². The highest BCUT2D eigenvalue weighted by Gasteiger charge is 2.13. The molecule has 4 nitrogen and oxygen atoms in total. The Balaban J connectivity index is 2.16. The second-order valence-electron chi connectivity index (χ2n) is 5.63. The van der Waals surface area contributed by atoms with Crippen molar-refractivity contribution in [3.8, 4) is 0 Å². The summed E-state index contributed by atoms with van der Waals surface area (Å²) >= 11 is 0. The number of aliphatic hydroxyl groups excluding tert-OH is 1. The van der Waals surface area contributed by atoms with E-state index >= 15 is 0 Å². The second kappa shape index (κ2) is 7.50. The van der Waals surface area contributed by atoms with E-state index in [4.69, 9.17) is 10.8 Å². The number of nitrogens with zero attached hydrogens (tertiary/aromatic N) is 1. The summed E-state index contributed by atoms with van der Waals surface area (Å²) in [5.74, 6) is 0. The normalized spacial score (nSPS) is 14.3. The van der Waals surface area contributed by atoms with Crippen LogP contribution in [0.3, 0.4) is 0 Å². The molecule has 4 heteroatoms. The zero-order valence-electron chi connectivity index (χ0n) is 12.8. The third kappa shape index (κ3) is 4.24. The number of aliphatic hydroxyl groups is 1. The molecule has 4 N–H and O–H groups in total. The molecular formula is C17H25N3O. The first-order chi connectivity index (χ1) is 10.1. The van der Waals surface area contributed by atoms with Crippen molar-refractivity contribution in [2.45, 2.75) is 38.8 Å². The largest absolute Gasteiger partial charge is 0.396 e. The van der Waals surface area contributed by atoms with Gasteiger partial charge in [-0.05, 0) is 50.5 Å². The summed E-state index contributed by atoms with van der Waals surface area (Å²) in [5, 5.41) is 13.6. The molecule has 2 unspecified atom stereocenters. The second-order valence-corrected chi connectivity index (χ2v) is 5.63. The maximum absolute atomic E-state index is 8.90. The van der Waals surface area contributed by atoms with Crippen LogP contribution in [0.25, 0.3) is 10.9 Å². The summed E-state index contributed by atoms with van der Waals surface area (Å²) in [4.78, 5) is 4.52. The first-order valence-corrected chi connectivity index (χ1v) is 7.58. The molecule has 0 spiro atoms. The number of rotatable bonds is 7. The average Bonchev–Trinajstić information content (AvgIpc) is 2.50. The molecule has 21 heavy (non-hydrogen) atoms. The van der Waals surface area contributed by atoms with Gasteiger partial charge in [0.25, 0.3) is 0 Å². The van der Waals surface area contributed by atoms with Crippen molar-refractivity contribution in [1.29, 1.82) is 0 Å². The van der Waals surface area contributed by atoms with Gasteiger partial charge in [0.05, 0.1) is 5.52 Å². The standard InChI is InChI=1S/C17H25N3O/c1-12(4-3-9-21)20-17(11-18)15-7-8-16-14(10-15)6-5-13(2)19-16/h5-8,10,12,17,20-21H,3-4,9,11,18H2,1-2H3. The van der Waals surface area contributed by atoms with Gasteiger partial charge in [0.1, 0.15) is 0 Å². The predicted octanol–water partition coefficient (Wildman–Crippen LogP) is 2.29. The van der Waals surface area contributed by atoms with Crippen LogP contribution < -0.4 is 11.1 Å². The van der Waals surface area contributed by atoms with Gasteiger partial charge in [-0.3, -0.25) is 4.98 Å². The summed E-state index contributed by atoms with van der Waals surface area (Å²) < 4.78 is 0. The quantitative estimate of drug-likeness (QED) is 0.730. The molecule has 0 aliphatic carbocycles. The predicted molar refractivity (Wildman–Crippen MR) is 87.2 cm³/mol. The van der Waals surface area contributed by atoms with E-state index in [1.807, 2.05) is 13.0 Å². The first-order valence-electron chi connectivity index (χ1n) is 7.58. The molecule has 0 aliphatic rings. The number of fused-ring (bicyclic) bond motifs is 1. The molecule has 0 radical (unpaired) electrons. The Labute approximate surface area is 126 Å². The minimum Gasteiger partial charge on any atom is -0.396 e. The highest BCUT2D eigenvalue weighted by Crippen LogP contribution is 2.20. The van der Waals surface area contributed by atoms with Crippen molar-refractivity contribution in [3.63, 3.8) is 0 Å². The third-order valence-electron chi connectivity index (χ3n) is 3.77. The number of aromatic nitrogens is 1. The zero-order valence-corrected chi connectivity index (χ0v) is 12.8. The van der Waals surface area contributed by atoms with Gasteiger partial charge in [0.2, 0.25) is 0 Å². The van der Waals surface area contributed by atoms with Gasteiger partial charge in [0.15, 0.2) is 0 Å². The Hall–Kier alpha value is -1.49. The Morgan fingerprint density at radius 1 is 1.29 bits per heavy atom. The van der Waals surface area contributed by atoms with E-state index in [0.717, 1.165) is 29.4 Å². The molecule has 2 atom stereocenters. The summed E-state index contributed by atoms with van der Waals surface area (Å²) in [6, 6.07) is 10.9. The van der Waals surface area contributed by atoms with Crippen LogP contribution in [0, 0.1) is 6.92 Å². The molecule has 1 heterocycles. The van der Waals surface area contributed by atoms with Gasteiger partial charge in [-0.2, -0.15) is 0 Å². The van der Waals surface area contributed by atoms with E-state index in [9.17, 15) is 0 Å². The van der Waals surface area contributed by atoms with Crippen LogP contribution in [0.5, 0.6) is 0 Å². The molecule has 2 rings (SSSR count). The van der Waals surface area contributed by atoms with Crippen LogP contribution >= 0.6 is 0 Å². The average molecular weight is 287 g/mol. The van der Waals surface area contributed by atoms with Gasteiger partial charge in [0, 0.05) is 36.3 Å². The lowest BCUT2D eigenvalue weighted by molar-refractivity contribution is 0.274. The van der Waals surface area contributed by atoms with Crippen molar-refractivity contribution < 1.29 is 5.11 Å².